The van der Waals surface area contributed by atoms with Gasteiger partial charge in [-0.05, 0) is 43.5 Å². The minimum atomic E-state index is 0.131. The second-order valence-electron chi connectivity index (χ2n) is 7.91. The molecule has 0 bridgehead atoms. The molecular weight excluding hydrogens is 448 g/mol. The Labute approximate surface area is 207 Å². The number of rotatable bonds is 17. The highest BCUT2D eigenvalue weighted by atomic mass is 16.5. The number of aromatic nitrogens is 2. The molecule has 0 radical (unpaired) electrons. The second kappa shape index (κ2) is 15.3. The van der Waals surface area contributed by atoms with E-state index in [2.05, 4.69) is 37.8 Å². The van der Waals surface area contributed by atoms with Crippen LogP contribution in [0.3, 0.4) is 0 Å². The topological polar surface area (TPSA) is 162 Å². The van der Waals surface area contributed by atoms with Crippen LogP contribution in [0.4, 0.5) is 17.5 Å². The number of unbranched alkanes of at least 4 members (excludes halogenated alkanes) is 2. The zero-order valence-corrected chi connectivity index (χ0v) is 20.9. The Bertz CT molecular complexity index is 943. The molecule has 1 amide bonds. The van der Waals surface area contributed by atoms with Gasteiger partial charge < -0.3 is 36.9 Å². The number of anilines is 3. The molecular formula is C24H38N8O3. The molecule has 35 heavy (non-hydrogen) atoms. The van der Waals surface area contributed by atoms with Crippen molar-refractivity contribution in [3.05, 3.63) is 29.0 Å². The maximum absolute atomic E-state index is 10.3. The number of amides is 1. The van der Waals surface area contributed by atoms with Gasteiger partial charge >= 0.3 is 0 Å². The number of nitrogen functional groups attached to an aromatic ring is 2. The SMILES string of the molecule is CCCCNc1nc(N)nc(C=NCc2c(OC)cc(CNCCCCNC=O)cc2OC)c1N. The van der Waals surface area contributed by atoms with Crippen LogP contribution >= 0.6 is 0 Å². The number of hydrogen-bond donors (Lipinski definition) is 5. The predicted octanol–water partition coefficient (Wildman–Crippen LogP) is 2.11. The van der Waals surface area contributed by atoms with Gasteiger partial charge in [0.05, 0.1) is 26.3 Å². The van der Waals surface area contributed by atoms with Crippen molar-refractivity contribution in [1.29, 1.82) is 0 Å². The predicted molar refractivity (Wildman–Crippen MR) is 140 cm³/mol. The number of nitrogens with zero attached hydrogens (tertiary/aromatic N) is 3. The third-order valence-electron chi connectivity index (χ3n) is 5.28. The minimum Gasteiger partial charge on any atom is -0.496 e. The fourth-order valence-corrected chi connectivity index (χ4v) is 3.41. The summed E-state index contributed by atoms with van der Waals surface area (Å²) in [6.07, 6.45) is 6.25. The van der Waals surface area contributed by atoms with Crippen molar-refractivity contribution in [2.75, 3.05) is 50.6 Å². The highest BCUT2D eigenvalue weighted by Crippen LogP contribution is 2.31. The summed E-state index contributed by atoms with van der Waals surface area (Å²) in [5, 5.41) is 9.26. The number of aliphatic imine (C=N–C) groups is 1. The Balaban J connectivity index is 2.08. The molecule has 0 atom stereocenters. The number of carbonyl (C=O) groups is 1. The van der Waals surface area contributed by atoms with Crippen LogP contribution in [0, 0.1) is 0 Å². The van der Waals surface area contributed by atoms with Crippen molar-refractivity contribution in [1.82, 2.24) is 20.6 Å². The van der Waals surface area contributed by atoms with E-state index in [0.29, 0.717) is 48.3 Å². The summed E-state index contributed by atoms with van der Waals surface area (Å²) in [4.78, 5) is 23.2. The highest BCUT2D eigenvalue weighted by Gasteiger charge is 2.13. The zero-order chi connectivity index (χ0) is 25.5. The molecule has 0 saturated carbocycles. The van der Waals surface area contributed by atoms with Crippen LogP contribution in [0.5, 0.6) is 11.5 Å². The first kappa shape index (κ1) is 27.6. The van der Waals surface area contributed by atoms with E-state index < -0.39 is 0 Å². The number of hydrogen-bond acceptors (Lipinski definition) is 10. The van der Waals surface area contributed by atoms with Crippen molar-refractivity contribution in [2.45, 2.75) is 45.7 Å². The summed E-state index contributed by atoms with van der Waals surface area (Å²) in [6, 6.07) is 3.95. The van der Waals surface area contributed by atoms with Gasteiger partial charge in [-0.15, -0.1) is 0 Å². The third kappa shape index (κ3) is 8.93. The van der Waals surface area contributed by atoms with Crippen LogP contribution in [0.15, 0.2) is 17.1 Å². The summed E-state index contributed by atoms with van der Waals surface area (Å²) in [7, 11) is 3.24. The van der Waals surface area contributed by atoms with Gasteiger partial charge in [-0.2, -0.15) is 4.98 Å². The maximum Gasteiger partial charge on any atom is 0.222 e. The largest absolute Gasteiger partial charge is 0.496 e. The Hall–Kier alpha value is -3.60. The first-order chi connectivity index (χ1) is 17.0. The van der Waals surface area contributed by atoms with E-state index in [9.17, 15) is 4.79 Å². The first-order valence-electron chi connectivity index (χ1n) is 11.8. The molecule has 1 aromatic heterocycles. The van der Waals surface area contributed by atoms with Crippen LogP contribution in [0.1, 0.15) is 49.4 Å². The van der Waals surface area contributed by atoms with Crippen LogP contribution in [0.25, 0.3) is 0 Å². The van der Waals surface area contributed by atoms with Gasteiger partial charge in [-0.1, -0.05) is 13.3 Å². The third-order valence-corrected chi connectivity index (χ3v) is 5.28. The minimum absolute atomic E-state index is 0.131. The average molecular weight is 487 g/mol. The molecule has 0 saturated heterocycles. The molecule has 2 aromatic rings. The van der Waals surface area contributed by atoms with Gasteiger partial charge in [0.15, 0.2) is 5.82 Å². The molecule has 2 rings (SSSR count). The van der Waals surface area contributed by atoms with E-state index in [1.807, 2.05) is 12.1 Å². The van der Waals surface area contributed by atoms with Crippen LogP contribution in [-0.4, -0.2) is 56.4 Å². The summed E-state index contributed by atoms with van der Waals surface area (Å²) in [5.74, 6) is 2.02. The van der Waals surface area contributed by atoms with Crippen LogP contribution in [-0.2, 0) is 17.9 Å². The molecule has 0 aliphatic rings. The number of benzene rings is 1. The van der Waals surface area contributed by atoms with E-state index in [-0.39, 0.29) is 5.95 Å². The van der Waals surface area contributed by atoms with Crippen molar-refractivity contribution in [3.8, 4) is 11.5 Å². The Kier molecular flexibility index (Phi) is 12.1. The number of nitrogens with two attached hydrogens (primary N) is 2. The molecule has 0 spiro atoms. The summed E-state index contributed by atoms with van der Waals surface area (Å²) in [6.45, 7) is 5.37. The Morgan fingerprint density at radius 3 is 2.40 bits per heavy atom. The lowest BCUT2D eigenvalue weighted by atomic mass is 10.1. The standard InChI is InChI=1S/C24H38N8O3/c1-4-5-10-30-23-22(25)19(31-24(26)32-23)15-29-14-18-20(34-2)11-17(12-21(18)35-3)13-27-8-6-7-9-28-16-33/h11-12,15-16,27H,4-10,13-14,25H2,1-3H3,(H,28,33)(H3,26,30,31,32). The molecule has 11 heteroatoms. The molecule has 192 valence electrons. The number of ether oxygens (including phenoxy) is 2. The average Bonchev–Trinajstić information content (AvgIpc) is 2.86. The Morgan fingerprint density at radius 2 is 1.74 bits per heavy atom. The molecule has 0 aliphatic heterocycles. The number of carbonyl (C=O) groups excluding carboxylic acids is 1. The van der Waals surface area contributed by atoms with E-state index in [1.165, 1.54) is 0 Å². The van der Waals surface area contributed by atoms with Crippen molar-refractivity contribution in [3.63, 3.8) is 0 Å². The zero-order valence-electron chi connectivity index (χ0n) is 20.9. The van der Waals surface area contributed by atoms with Gasteiger partial charge in [0.25, 0.3) is 0 Å². The summed E-state index contributed by atoms with van der Waals surface area (Å²) < 4.78 is 11.2. The number of methoxy groups -OCH3 is 2. The van der Waals surface area contributed by atoms with E-state index >= 15 is 0 Å². The lowest BCUT2D eigenvalue weighted by Gasteiger charge is -2.15. The number of nitrogens with one attached hydrogen (secondary N) is 3. The van der Waals surface area contributed by atoms with Crippen molar-refractivity contribution >= 4 is 30.1 Å². The van der Waals surface area contributed by atoms with Gasteiger partial charge in [0, 0.05) is 25.8 Å². The molecule has 1 aromatic carbocycles. The first-order valence-corrected chi connectivity index (χ1v) is 11.8. The maximum atomic E-state index is 10.3. The van der Waals surface area contributed by atoms with Gasteiger partial charge in [-0.25, -0.2) is 4.98 Å². The monoisotopic (exact) mass is 486 g/mol. The quantitative estimate of drug-likeness (QED) is 0.128. The molecule has 0 unspecified atom stereocenters. The molecule has 0 aliphatic carbocycles. The molecule has 7 N–H and O–H groups in total. The fraction of sp³-hybridized carbons (Fsp3) is 0.500. The second-order valence-corrected chi connectivity index (χ2v) is 7.91. The fourth-order valence-electron chi connectivity index (χ4n) is 3.41. The highest BCUT2D eigenvalue weighted by molar-refractivity contribution is 5.88. The lowest BCUT2D eigenvalue weighted by Crippen LogP contribution is -2.18. The smallest absolute Gasteiger partial charge is 0.222 e. The van der Waals surface area contributed by atoms with Gasteiger partial charge in [-0.3, -0.25) is 9.79 Å². The lowest BCUT2D eigenvalue weighted by molar-refractivity contribution is -0.109. The summed E-state index contributed by atoms with van der Waals surface area (Å²) in [5.41, 5.74) is 14.8. The van der Waals surface area contributed by atoms with Crippen molar-refractivity contribution < 1.29 is 14.3 Å². The Morgan fingerprint density at radius 1 is 1.03 bits per heavy atom. The van der Waals surface area contributed by atoms with Crippen LogP contribution in [0.2, 0.25) is 0 Å². The molecule has 1 heterocycles. The normalized spacial score (nSPS) is 10.9. The van der Waals surface area contributed by atoms with Crippen molar-refractivity contribution in [2.24, 2.45) is 4.99 Å². The van der Waals surface area contributed by atoms with E-state index in [0.717, 1.165) is 56.3 Å². The van der Waals surface area contributed by atoms with Crippen LogP contribution < -0.4 is 36.9 Å². The molecule has 0 fully saturated rings. The molecule has 11 nitrogen and oxygen atoms in total. The van der Waals surface area contributed by atoms with E-state index in [1.54, 1.807) is 20.4 Å². The van der Waals surface area contributed by atoms with E-state index in [4.69, 9.17) is 20.9 Å². The van der Waals surface area contributed by atoms with Gasteiger partial charge in [0.1, 0.15) is 22.9 Å². The summed E-state index contributed by atoms with van der Waals surface area (Å²) >= 11 is 0. The van der Waals surface area contributed by atoms with Gasteiger partial charge in [0.2, 0.25) is 12.4 Å².